The van der Waals surface area contributed by atoms with Gasteiger partial charge >= 0.3 is 0 Å². The standard InChI is InChI=1S/C17H17NO2/c1-17(20-18-14-8-3-2-4-9-14)12-11-13-7-5-6-10-15(13)16(17)19/h2-10,18H,11-12H2,1H3. The van der Waals surface area contributed by atoms with Crippen LogP contribution in [-0.4, -0.2) is 11.4 Å². The number of hydrogen-bond acceptors (Lipinski definition) is 3. The first-order valence-electron chi connectivity index (χ1n) is 6.81. The molecule has 0 aromatic heterocycles. The molecule has 0 aliphatic heterocycles. The zero-order valence-corrected chi connectivity index (χ0v) is 11.4. The molecule has 0 heterocycles. The first-order valence-corrected chi connectivity index (χ1v) is 6.81. The van der Waals surface area contributed by atoms with Crippen molar-refractivity contribution in [2.75, 3.05) is 5.48 Å². The van der Waals surface area contributed by atoms with Crippen LogP contribution in [0.4, 0.5) is 5.69 Å². The van der Waals surface area contributed by atoms with Crippen LogP contribution in [0.5, 0.6) is 0 Å². The van der Waals surface area contributed by atoms with Crippen LogP contribution in [0.25, 0.3) is 0 Å². The second-order valence-electron chi connectivity index (χ2n) is 5.29. The smallest absolute Gasteiger partial charge is 0.197 e. The summed E-state index contributed by atoms with van der Waals surface area (Å²) in [6, 6.07) is 17.4. The fourth-order valence-electron chi connectivity index (χ4n) is 2.51. The fourth-order valence-corrected chi connectivity index (χ4v) is 2.51. The number of fused-ring (bicyclic) bond motifs is 1. The van der Waals surface area contributed by atoms with Gasteiger partial charge in [-0.15, -0.1) is 0 Å². The number of ketones is 1. The minimum Gasteiger partial charge on any atom is -0.291 e. The van der Waals surface area contributed by atoms with E-state index in [9.17, 15) is 4.79 Å². The van der Waals surface area contributed by atoms with E-state index >= 15 is 0 Å². The molecule has 0 bridgehead atoms. The van der Waals surface area contributed by atoms with E-state index in [0.717, 1.165) is 23.2 Å². The lowest BCUT2D eigenvalue weighted by molar-refractivity contribution is 0.00413. The van der Waals surface area contributed by atoms with Gasteiger partial charge in [-0.05, 0) is 37.5 Å². The monoisotopic (exact) mass is 267 g/mol. The van der Waals surface area contributed by atoms with Crippen molar-refractivity contribution in [3.63, 3.8) is 0 Å². The van der Waals surface area contributed by atoms with Gasteiger partial charge in [-0.1, -0.05) is 42.5 Å². The number of nitrogens with one attached hydrogen (secondary N) is 1. The lowest BCUT2D eigenvalue weighted by Gasteiger charge is -2.32. The summed E-state index contributed by atoms with van der Waals surface area (Å²) in [6.45, 7) is 1.85. The van der Waals surface area contributed by atoms with Gasteiger partial charge in [0.15, 0.2) is 11.4 Å². The molecule has 1 aliphatic rings. The van der Waals surface area contributed by atoms with Crippen molar-refractivity contribution in [1.82, 2.24) is 0 Å². The van der Waals surface area contributed by atoms with Crippen molar-refractivity contribution >= 4 is 11.5 Å². The van der Waals surface area contributed by atoms with Crippen molar-refractivity contribution in [1.29, 1.82) is 0 Å². The molecule has 3 rings (SSSR count). The number of hydrogen-bond donors (Lipinski definition) is 1. The van der Waals surface area contributed by atoms with E-state index in [2.05, 4.69) is 5.48 Å². The molecule has 0 radical (unpaired) electrons. The molecule has 0 fully saturated rings. The van der Waals surface area contributed by atoms with Gasteiger partial charge < -0.3 is 0 Å². The van der Waals surface area contributed by atoms with Gasteiger partial charge in [0.05, 0.1) is 5.69 Å². The zero-order chi connectivity index (χ0) is 14.0. The van der Waals surface area contributed by atoms with Crippen molar-refractivity contribution in [2.45, 2.75) is 25.4 Å². The molecule has 3 nitrogen and oxygen atoms in total. The number of aryl methyl sites for hydroxylation is 1. The van der Waals surface area contributed by atoms with Crippen molar-refractivity contribution in [2.24, 2.45) is 0 Å². The normalized spacial score (nSPS) is 21.4. The van der Waals surface area contributed by atoms with E-state index in [1.165, 1.54) is 0 Å². The zero-order valence-electron chi connectivity index (χ0n) is 11.4. The Labute approximate surface area is 118 Å². The maximum Gasteiger partial charge on any atom is 0.197 e. The molecule has 2 aromatic carbocycles. The van der Waals surface area contributed by atoms with Crippen LogP contribution in [0.2, 0.25) is 0 Å². The van der Waals surface area contributed by atoms with E-state index in [1.54, 1.807) is 0 Å². The Hall–Kier alpha value is -2.13. The lowest BCUT2D eigenvalue weighted by atomic mass is 9.80. The van der Waals surface area contributed by atoms with E-state index in [-0.39, 0.29) is 5.78 Å². The summed E-state index contributed by atoms with van der Waals surface area (Å²) in [6.07, 6.45) is 1.54. The average molecular weight is 267 g/mol. The topological polar surface area (TPSA) is 38.3 Å². The Morgan fingerprint density at radius 2 is 1.75 bits per heavy atom. The highest BCUT2D eigenvalue weighted by molar-refractivity contribution is 6.04. The van der Waals surface area contributed by atoms with Crippen LogP contribution in [0.15, 0.2) is 54.6 Å². The molecule has 0 saturated heterocycles. The third-order valence-corrected chi connectivity index (χ3v) is 3.78. The number of Topliss-reactive ketones (excluding diaryl/α,β-unsaturated/α-hetero) is 1. The summed E-state index contributed by atoms with van der Waals surface area (Å²) in [5.41, 5.74) is 4.81. The van der Waals surface area contributed by atoms with E-state index < -0.39 is 5.60 Å². The van der Waals surface area contributed by atoms with E-state index in [1.807, 2.05) is 61.5 Å². The number of para-hydroxylation sites is 1. The Morgan fingerprint density at radius 3 is 2.55 bits per heavy atom. The summed E-state index contributed by atoms with van der Waals surface area (Å²) < 4.78 is 0. The molecule has 1 N–H and O–H groups in total. The van der Waals surface area contributed by atoms with Gasteiger partial charge in [0.25, 0.3) is 0 Å². The van der Waals surface area contributed by atoms with Crippen LogP contribution in [0, 0.1) is 0 Å². The summed E-state index contributed by atoms with van der Waals surface area (Å²) in [4.78, 5) is 18.3. The molecule has 0 spiro atoms. The SMILES string of the molecule is CC1(ONc2ccccc2)CCc2ccccc2C1=O. The predicted molar refractivity (Wildman–Crippen MR) is 78.6 cm³/mol. The Bertz CT molecular complexity index is 624. The second-order valence-corrected chi connectivity index (χ2v) is 5.29. The number of anilines is 1. The maximum absolute atomic E-state index is 12.6. The molecule has 1 atom stereocenters. The van der Waals surface area contributed by atoms with Gasteiger partial charge in [-0.3, -0.25) is 15.1 Å². The van der Waals surface area contributed by atoms with Crippen LogP contribution in [0.3, 0.4) is 0 Å². The quantitative estimate of drug-likeness (QED) is 0.863. The Morgan fingerprint density at radius 1 is 1.05 bits per heavy atom. The van der Waals surface area contributed by atoms with Gasteiger partial charge in [-0.25, -0.2) is 0 Å². The second kappa shape index (κ2) is 5.10. The van der Waals surface area contributed by atoms with Crippen LogP contribution in [0.1, 0.15) is 29.3 Å². The number of benzene rings is 2. The predicted octanol–water partition coefficient (Wildman–Crippen LogP) is 3.62. The van der Waals surface area contributed by atoms with Crippen LogP contribution >= 0.6 is 0 Å². The van der Waals surface area contributed by atoms with Crippen LogP contribution < -0.4 is 5.48 Å². The van der Waals surface area contributed by atoms with Crippen molar-refractivity contribution in [3.8, 4) is 0 Å². The fraction of sp³-hybridized carbons (Fsp3) is 0.235. The molecular formula is C17H17NO2. The van der Waals surface area contributed by atoms with Gasteiger partial charge in [0, 0.05) is 5.56 Å². The molecule has 20 heavy (non-hydrogen) atoms. The van der Waals surface area contributed by atoms with Crippen molar-refractivity contribution in [3.05, 3.63) is 65.7 Å². The summed E-state index contributed by atoms with van der Waals surface area (Å²) in [5, 5.41) is 0. The summed E-state index contributed by atoms with van der Waals surface area (Å²) in [5.74, 6) is 0.0442. The number of carbonyl (C=O) groups excluding carboxylic acids is 1. The molecule has 0 saturated carbocycles. The summed E-state index contributed by atoms with van der Waals surface area (Å²) >= 11 is 0. The molecule has 1 aliphatic carbocycles. The Kier molecular flexibility index (Phi) is 3.28. The highest BCUT2D eigenvalue weighted by Gasteiger charge is 2.40. The maximum atomic E-state index is 12.6. The van der Waals surface area contributed by atoms with Gasteiger partial charge in [0.2, 0.25) is 0 Å². The first-order chi connectivity index (χ1) is 9.69. The third kappa shape index (κ3) is 2.32. The van der Waals surface area contributed by atoms with E-state index in [4.69, 9.17) is 4.84 Å². The van der Waals surface area contributed by atoms with Gasteiger partial charge in [0.1, 0.15) is 0 Å². The molecular weight excluding hydrogens is 250 g/mol. The lowest BCUT2D eigenvalue weighted by Crippen LogP contribution is -2.43. The Balaban J connectivity index is 1.78. The molecule has 3 heteroatoms. The summed E-state index contributed by atoms with van der Waals surface area (Å²) in [7, 11) is 0. The highest BCUT2D eigenvalue weighted by Crippen LogP contribution is 2.31. The average Bonchev–Trinajstić information content (AvgIpc) is 2.51. The van der Waals surface area contributed by atoms with Gasteiger partial charge in [-0.2, -0.15) is 0 Å². The highest BCUT2D eigenvalue weighted by atomic mass is 16.7. The first kappa shape index (κ1) is 12.9. The molecule has 2 aromatic rings. The number of carbonyl (C=O) groups is 1. The van der Waals surface area contributed by atoms with E-state index in [0.29, 0.717) is 6.42 Å². The number of rotatable bonds is 3. The molecule has 102 valence electrons. The minimum atomic E-state index is -0.815. The molecule has 0 amide bonds. The van der Waals surface area contributed by atoms with Crippen molar-refractivity contribution < 1.29 is 9.63 Å². The third-order valence-electron chi connectivity index (χ3n) is 3.78. The minimum absolute atomic E-state index is 0.0442. The molecule has 1 unspecified atom stereocenters. The van der Waals surface area contributed by atoms with Crippen LogP contribution in [-0.2, 0) is 11.3 Å². The largest absolute Gasteiger partial charge is 0.291 e.